The zero-order valence-electron chi connectivity index (χ0n) is 8.24. The molecule has 2 aromatic rings. The number of aryl methyl sites for hydroxylation is 1. The molecule has 0 saturated carbocycles. The smallest absolute Gasteiger partial charge is 0.358 e. The fraction of sp³-hybridized carbons (Fsp3) is 0.286. The summed E-state index contributed by atoms with van der Waals surface area (Å²) in [5.41, 5.74) is 0.687. The van der Waals surface area contributed by atoms with Crippen molar-refractivity contribution in [3.05, 3.63) is 32.7 Å². The molecule has 2 heterocycles. The minimum Gasteiger partial charge on any atom is -0.358 e. The fourth-order valence-electron chi connectivity index (χ4n) is 1.23. The van der Waals surface area contributed by atoms with Gasteiger partial charge in [-0.25, -0.2) is 0 Å². The predicted octanol–water partition coefficient (Wildman–Crippen LogP) is 0.731. The normalized spacial score (nSPS) is 10.6. The van der Waals surface area contributed by atoms with Crippen molar-refractivity contribution in [2.45, 2.75) is 6.54 Å². The predicted molar refractivity (Wildman–Crippen MR) is 56.7 cm³/mol. The number of aromatic nitrogens is 5. The lowest BCUT2D eigenvalue weighted by Crippen LogP contribution is -2.01. The van der Waals surface area contributed by atoms with E-state index in [0.717, 1.165) is 0 Å². The molecule has 0 aliphatic heterocycles. The molecule has 2 aromatic heterocycles. The van der Waals surface area contributed by atoms with Crippen LogP contribution in [0, 0.1) is 10.1 Å². The Morgan fingerprint density at radius 2 is 2.31 bits per heavy atom. The van der Waals surface area contributed by atoms with E-state index in [4.69, 9.17) is 0 Å². The van der Waals surface area contributed by atoms with Crippen molar-refractivity contribution in [2.24, 2.45) is 7.05 Å². The van der Waals surface area contributed by atoms with Crippen molar-refractivity contribution < 1.29 is 4.92 Å². The lowest BCUT2D eigenvalue weighted by atomic mass is 10.5. The van der Waals surface area contributed by atoms with Crippen LogP contribution in [0.4, 0.5) is 5.82 Å². The molecule has 0 atom stereocenters. The average Bonchev–Trinajstić information content (AvgIpc) is 2.73. The summed E-state index contributed by atoms with van der Waals surface area (Å²) in [5, 5.41) is 22.0. The molecule has 2 rings (SSSR count). The maximum Gasteiger partial charge on any atom is 0.404 e. The zero-order valence-corrected chi connectivity index (χ0v) is 9.83. The van der Waals surface area contributed by atoms with E-state index < -0.39 is 4.92 Å². The first-order valence-electron chi connectivity index (χ1n) is 4.29. The first-order chi connectivity index (χ1) is 7.56. The van der Waals surface area contributed by atoms with E-state index in [1.807, 2.05) is 0 Å². The van der Waals surface area contributed by atoms with Gasteiger partial charge in [0.15, 0.2) is 0 Å². The highest BCUT2D eigenvalue weighted by atomic mass is 79.9. The first-order valence-corrected chi connectivity index (χ1v) is 5.08. The highest BCUT2D eigenvalue weighted by Crippen LogP contribution is 2.22. The summed E-state index contributed by atoms with van der Waals surface area (Å²) in [6, 6.07) is 0. The van der Waals surface area contributed by atoms with Gasteiger partial charge in [0, 0.05) is 7.05 Å². The summed E-state index contributed by atoms with van der Waals surface area (Å²) >= 11 is 3.07. The Morgan fingerprint density at radius 1 is 1.56 bits per heavy atom. The molecule has 16 heavy (non-hydrogen) atoms. The van der Waals surface area contributed by atoms with Crippen LogP contribution in [0.3, 0.4) is 0 Å². The zero-order chi connectivity index (χ0) is 11.7. The standard InChI is InChI=1S/C7H7BrN6O2/c1-12-2-5(9-11-12)3-13-4-6(8)7(10-13)14(15)16/h2,4H,3H2,1H3. The van der Waals surface area contributed by atoms with Gasteiger partial charge in [-0.05, 0) is 20.9 Å². The van der Waals surface area contributed by atoms with Crippen LogP contribution in [-0.2, 0) is 13.6 Å². The van der Waals surface area contributed by atoms with Crippen molar-refractivity contribution in [3.63, 3.8) is 0 Å². The molecule has 0 unspecified atom stereocenters. The molecule has 0 N–H and O–H groups in total. The third kappa shape index (κ3) is 2.08. The van der Waals surface area contributed by atoms with E-state index in [1.54, 1.807) is 17.9 Å². The number of halogens is 1. The minimum absolute atomic E-state index is 0.205. The van der Waals surface area contributed by atoms with Gasteiger partial charge in [0.1, 0.15) is 16.7 Å². The van der Waals surface area contributed by atoms with Crippen LogP contribution in [0.5, 0.6) is 0 Å². The summed E-state index contributed by atoms with van der Waals surface area (Å²) in [6.45, 7) is 0.347. The van der Waals surface area contributed by atoms with Crippen LogP contribution in [-0.4, -0.2) is 29.7 Å². The third-order valence-electron chi connectivity index (χ3n) is 1.85. The molecule has 0 fully saturated rings. The number of rotatable bonds is 3. The fourth-order valence-corrected chi connectivity index (χ4v) is 1.69. The largest absolute Gasteiger partial charge is 0.404 e. The maximum atomic E-state index is 10.6. The monoisotopic (exact) mass is 286 g/mol. The second kappa shape index (κ2) is 4.00. The molecule has 0 saturated heterocycles. The van der Waals surface area contributed by atoms with Crippen molar-refractivity contribution in [2.75, 3.05) is 0 Å². The Hall–Kier alpha value is -1.77. The topological polar surface area (TPSA) is 91.7 Å². The van der Waals surface area contributed by atoms with Gasteiger partial charge in [0.05, 0.1) is 17.5 Å². The molecule has 84 valence electrons. The summed E-state index contributed by atoms with van der Waals surface area (Å²) in [7, 11) is 1.75. The van der Waals surface area contributed by atoms with Crippen LogP contribution in [0.25, 0.3) is 0 Å². The summed E-state index contributed by atoms with van der Waals surface area (Å²) in [4.78, 5) is 10.0. The SMILES string of the molecule is Cn1cc(Cn2cc(Br)c([N+](=O)[O-])n2)nn1. The molecule has 0 aliphatic carbocycles. The molecule has 0 radical (unpaired) electrons. The van der Waals surface area contributed by atoms with Gasteiger partial charge in [0.25, 0.3) is 0 Å². The second-order valence-corrected chi connectivity index (χ2v) is 3.99. The summed E-state index contributed by atoms with van der Waals surface area (Å²) in [6.07, 6.45) is 3.26. The molecule has 0 aliphatic rings. The molecular formula is C7H7BrN6O2. The van der Waals surface area contributed by atoms with E-state index in [9.17, 15) is 10.1 Å². The van der Waals surface area contributed by atoms with E-state index >= 15 is 0 Å². The highest BCUT2D eigenvalue weighted by molar-refractivity contribution is 9.10. The Morgan fingerprint density at radius 3 is 2.81 bits per heavy atom. The summed E-state index contributed by atoms with van der Waals surface area (Å²) in [5.74, 6) is -0.205. The van der Waals surface area contributed by atoms with E-state index in [-0.39, 0.29) is 5.82 Å². The van der Waals surface area contributed by atoms with Crippen molar-refractivity contribution in [3.8, 4) is 0 Å². The molecule has 0 spiro atoms. The van der Waals surface area contributed by atoms with Crippen molar-refractivity contribution >= 4 is 21.7 Å². The number of nitro groups is 1. The molecule has 0 amide bonds. The Balaban J connectivity index is 2.22. The van der Waals surface area contributed by atoms with Gasteiger partial charge in [-0.3, -0.25) is 4.68 Å². The minimum atomic E-state index is -0.544. The molecule has 0 bridgehead atoms. The van der Waals surface area contributed by atoms with E-state index in [2.05, 4.69) is 31.3 Å². The van der Waals surface area contributed by atoms with Crippen LogP contribution >= 0.6 is 15.9 Å². The molecule has 8 nitrogen and oxygen atoms in total. The lowest BCUT2D eigenvalue weighted by molar-refractivity contribution is -0.390. The van der Waals surface area contributed by atoms with Crippen LogP contribution < -0.4 is 0 Å². The van der Waals surface area contributed by atoms with Crippen LogP contribution in [0.2, 0.25) is 0 Å². The van der Waals surface area contributed by atoms with Gasteiger partial charge in [0.2, 0.25) is 0 Å². The Bertz CT molecular complexity index is 533. The Kier molecular flexibility index (Phi) is 2.69. The number of hydrogen-bond donors (Lipinski definition) is 0. The van der Waals surface area contributed by atoms with Gasteiger partial charge in [-0.15, -0.1) is 5.10 Å². The van der Waals surface area contributed by atoms with Gasteiger partial charge >= 0.3 is 5.82 Å². The van der Waals surface area contributed by atoms with Gasteiger partial charge < -0.3 is 10.1 Å². The average molecular weight is 287 g/mol. The third-order valence-corrected chi connectivity index (χ3v) is 2.41. The van der Waals surface area contributed by atoms with Crippen molar-refractivity contribution in [1.29, 1.82) is 0 Å². The Labute approximate surface area is 98.1 Å². The maximum absolute atomic E-state index is 10.6. The van der Waals surface area contributed by atoms with Gasteiger partial charge in [-0.2, -0.15) is 4.68 Å². The number of nitrogens with zero attached hydrogens (tertiary/aromatic N) is 6. The molecular weight excluding hydrogens is 280 g/mol. The van der Waals surface area contributed by atoms with Gasteiger partial charge in [-0.1, -0.05) is 5.21 Å². The lowest BCUT2D eigenvalue weighted by Gasteiger charge is -1.89. The van der Waals surface area contributed by atoms with Crippen molar-refractivity contribution in [1.82, 2.24) is 24.8 Å². The van der Waals surface area contributed by atoms with E-state index in [1.165, 1.54) is 10.9 Å². The van der Waals surface area contributed by atoms with Crippen LogP contribution in [0.15, 0.2) is 16.9 Å². The first kappa shape index (κ1) is 10.7. The van der Waals surface area contributed by atoms with Crippen LogP contribution in [0.1, 0.15) is 5.69 Å². The highest BCUT2D eigenvalue weighted by Gasteiger charge is 2.18. The number of hydrogen-bond acceptors (Lipinski definition) is 5. The second-order valence-electron chi connectivity index (χ2n) is 3.14. The van der Waals surface area contributed by atoms with E-state index in [0.29, 0.717) is 16.7 Å². The quantitative estimate of drug-likeness (QED) is 0.613. The molecule has 9 heteroatoms. The molecule has 0 aromatic carbocycles. The summed E-state index contributed by atoms with van der Waals surface area (Å²) < 4.78 is 3.34.